The van der Waals surface area contributed by atoms with E-state index in [-0.39, 0.29) is 6.10 Å². The van der Waals surface area contributed by atoms with E-state index >= 15 is 0 Å². The lowest BCUT2D eigenvalue weighted by atomic mass is 10.1. The minimum atomic E-state index is 0.207. The lowest BCUT2D eigenvalue weighted by Gasteiger charge is -2.26. The molecule has 3 nitrogen and oxygen atoms in total. The van der Waals surface area contributed by atoms with Gasteiger partial charge in [0, 0.05) is 13.0 Å². The Balaban J connectivity index is 1.33. The molecule has 3 rings (SSSR count). The lowest BCUT2D eigenvalue weighted by Crippen LogP contribution is -2.33. The predicted octanol–water partition coefficient (Wildman–Crippen LogP) is 2.49. The zero-order chi connectivity index (χ0) is 12.9. The van der Waals surface area contributed by atoms with Gasteiger partial charge in [-0.3, -0.25) is 0 Å². The zero-order valence-corrected chi connectivity index (χ0v) is 11.5. The number of hydrogen-bond donors (Lipinski definition) is 0. The summed E-state index contributed by atoms with van der Waals surface area (Å²) in [6, 6.07) is 8.28. The van der Waals surface area contributed by atoms with Crippen LogP contribution in [0.1, 0.15) is 24.8 Å². The van der Waals surface area contributed by atoms with Gasteiger partial charge >= 0.3 is 0 Å². The van der Waals surface area contributed by atoms with E-state index in [1.807, 2.05) is 12.1 Å². The summed E-state index contributed by atoms with van der Waals surface area (Å²) in [7, 11) is 0. The number of para-hydroxylation sites is 1. The van der Waals surface area contributed by atoms with Crippen LogP contribution in [-0.2, 0) is 11.2 Å². The second-order valence-electron chi connectivity index (χ2n) is 5.53. The van der Waals surface area contributed by atoms with E-state index in [2.05, 4.69) is 17.0 Å². The molecular formula is C16H23NO2. The molecule has 0 amide bonds. The highest BCUT2D eigenvalue weighted by Crippen LogP contribution is 2.28. The van der Waals surface area contributed by atoms with Gasteiger partial charge in [-0.1, -0.05) is 24.6 Å². The molecule has 0 saturated carbocycles. The first-order valence-corrected chi connectivity index (χ1v) is 7.46. The van der Waals surface area contributed by atoms with Gasteiger partial charge in [0.05, 0.1) is 13.2 Å². The van der Waals surface area contributed by atoms with E-state index in [1.165, 1.54) is 37.9 Å². The maximum Gasteiger partial charge on any atom is 0.126 e. The van der Waals surface area contributed by atoms with Gasteiger partial charge in [-0.25, -0.2) is 0 Å². The predicted molar refractivity (Wildman–Crippen MR) is 75.7 cm³/mol. The molecule has 0 N–H and O–H groups in total. The summed E-state index contributed by atoms with van der Waals surface area (Å²) in [4.78, 5) is 2.51. The van der Waals surface area contributed by atoms with Crippen LogP contribution >= 0.6 is 0 Å². The summed E-state index contributed by atoms with van der Waals surface area (Å²) in [5.74, 6) is 1.03. The molecule has 1 atom stereocenters. The van der Waals surface area contributed by atoms with Crippen molar-refractivity contribution in [3.63, 3.8) is 0 Å². The maximum atomic E-state index is 5.86. The Morgan fingerprint density at radius 1 is 1.16 bits per heavy atom. The van der Waals surface area contributed by atoms with Crippen LogP contribution in [0.3, 0.4) is 0 Å². The van der Waals surface area contributed by atoms with Crippen LogP contribution < -0.4 is 4.74 Å². The highest BCUT2D eigenvalue weighted by molar-refractivity contribution is 5.37. The monoisotopic (exact) mass is 261 g/mol. The summed E-state index contributed by atoms with van der Waals surface area (Å²) >= 11 is 0. The van der Waals surface area contributed by atoms with Crippen molar-refractivity contribution in [2.75, 3.05) is 32.8 Å². The Hall–Kier alpha value is -1.06. The molecule has 1 unspecified atom stereocenters. The van der Waals surface area contributed by atoms with Crippen molar-refractivity contribution in [1.82, 2.24) is 4.90 Å². The molecule has 104 valence electrons. The van der Waals surface area contributed by atoms with Gasteiger partial charge < -0.3 is 14.4 Å². The third-order valence-electron chi connectivity index (χ3n) is 4.02. The van der Waals surface area contributed by atoms with Gasteiger partial charge in [-0.2, -0.15) is 0 Å². The number of benzene rings is 1. The fourth-order valence-electron chi connectivity index (χ4n) is 2.94. The molecule has 2 aliphatic heterocycles. The van der Waals surface area contributed by atoms with Crippen molar-refractivity contribution in [2.45, 2.75) is 31.8 Å². The topological polar surface area (TPSA) is 21.7 Å². The standard InChI is InChI=1S/C16H23NO2/c1-4-8-17(9-5-1)10-11-18-13-15-12-14-6-2-3-7-16(14)19-15/h2-3,6-7,15H,1,4-5,8-13H2. The molecule has 0 radical (unpaired) electrons. The molecule has 19 heavy (non-hydrogen) atoms. The molecule has 3 heteroatoms. The minimum absolute atomic E-state index is 0.207. The number of rotatable bonds is 5. The van der Waals surface area contributed by atoms with Crippen molar-refractivity contribution in [2.24, 2.45) is 0 Å². The Morgan fingerprint density at radius 3 is 2.84 bits per heavy atom. The second-order valence-corrected chi connectivity index (χ2v) is 5.53. The third-order valence-corrected chi connectivity index (χ3v) is 4.02. The van der Waals surface area contributed by atoms with Crippen molar-refractivity contribution in [3.05, 3.63) is 29.8 Å². The van der Waals surface area contributed by atoms with Gasteiger partial charge in [-0.05, 0) is 37.6 Å². The van der Waals surface area contributed by atoms with E-state index in [1.54, 1.807) is 0 Å². The summed E-state index contributed by atoms with van der Waals surface area (Å²) in [6.45, 7) is 5.10. The number of likely N-dealkylation sites (tertiary alicyclic amines) is 1. The molecule has 1 fully saturated rings. The van der Waals surface area contributed by atoms with Crippen LogP contribution in [0.25, 0.3) is 0 Å². The first kappa shape index (κ1) is 12.9. The van der Waals surface area contributed by atoms with Crippen molar-refractivity contribution < 1.29 is 9.47 Å². The summed E-state index contributed by atoms with van der Waals surface area (Å²) in [5, 5.41) is 0. The Labute approximate surface area is 115 Å². The number of fused-ring (bicyclic) bond motifs is 1. The van der Waals surface area contributed by atoms with E-state index < -0.39 is 0 Å². The molecule has 0 spiro atoms. The van der Waals surface area contributed by atoms with Gasteiger partial charge in [0.25, 0.3) is 0 Å². The van der Waals surface area contributed by atoms with Crippen molar-refractivity contribution in [3.8, 4) is 5.75 Å². The SMILES string of the molecule is c1ccc2c(c1)CC(COCCN1CCCCC1)O2. The number of ether oxygens (including phenoxy) is 2. The molecule has 1 aromatic carbocycles. The van der Waals surface area contributed by atoms with Crippen LogP contribution in [0.2, 0.25) is 0 Å². The fourth-order valence-corrected chi connectivity index (χ4v) is 2.94. The molecule has 1 aromatic rings. The Bertz CT molecular complexity index is 376. The van der Waals surface area contributed by atoms with Crippen LogP contribution in [0.5, 0.6) is 5.75 Å². The average Bonchev–Trinajstić information content (AvgIpc) is 2.87. The summed E-state index contributed by atoms with van der Waals surface area (Å²) < 4.78 is 11.6. The van der Waals surface area contributed by atoms with Gasteiger partial charge in [0.2, 0.25) is 0 Å². The zero-order valence-electron chi connectivity index (χ0n) is 11.5. The lowest BCUT2D eigenvalue weighted by molar-refractivity contribution is 0.0447. The first-order valence-electron chi connectivity index (χ1n) is 7.46. The average molecular weight is 261 g/mol. The second kappa shape index (κ2) is 6.40. The van der Waals surface area contributed by atoms with E-state index in [0.29, 0.717) is 6.61 Å². The normalized spacial score (nSPS) is 23.1. The number of nitrogens with zero attached hydrogens (tertiary/aromatic N) is 1. The first-order chi connectivity index (χ1) is 9.42. The maximum absolute atomic E-state index is 5.86. The fraction of sp³-hybridized carbons (Fsp3) is 0.625. The van der Waals surface area contributed by atoms with Crippen molar-refractivity contribution in [1.29, 1.82) is 0 Å². The molecule has 2 heterocycles. The Kier molecular flexibility index (Phi) is 4.36. The highest BCUT2D eigenvalue weighted by atomic mass is 16.5. The van der Waals surface area contributed by atoms with Crippen LogP contribution in [-0.4, -0.2) is 43.9 Å². The quantitative estimate of drug-likeness (QED) is 0.760. The van der Waals surface area contributed by atoms with Crippen molar-refractivity contribution >= 4 is 0 Å². The molecular weight excluding hydrogens is 238 g/mol. The molecule has 1 saturated heterocycles. The van der Waals surface area contributed by atoms with Gasteiger partial charge in [0.1, 0.15) is 11.9 Å². The highest BCUT2D eigenvalue weighted by Gasteiger charge is 2.22. The number of piperidine rings is 1. The smallest absolute Gasteiger partial charge is 0.126 e. The van der Waals surface area contributed by atoms with Crippen LogP contribution in [0.15, 0.2) is 24.3 Å². The summed E-state index contributed by atoms with van der Waals surface area (Å²) in [6.07, 6.45) is 5.28. The van der Waals surface area contributed by atoms with E-state index in [9.17, 15) is 0 Å². The molecule has 0 aliphatic carbocycles. The van der Waals surface area contributed by atoms with Gasteiger partial charge in [0.15, 0.2) is 0 Å². The summed E-state index contributed by atoms with van der Waals surface area (Å²) in [5.41, 5.74) is 1.31. The third kappa shape index (κ3) is 3.48. The molecule has 0 bridgehead atoms. The molecule has 2 aliphatic rings. The van der Waals surface area contributed by atoms with E-state index in [4.69, 9.17) is 9.47 Å². The van der Waals surface area contributed by atoms with Gasteiger partial charge in [-0.15, -0.1) is 0 Å². The van der Waals surface area contributed by atoms with Crippen LogP contribution in [0.4, 0.5) is 0 Å². The van der Waals surface area contributed by atoms with E-state index in [0.717, 1.165) is 25.3 Å². The largest absolute Gasteiger partial charge is 0.487 e. The number of hydrogen-bond acceptors (Lipinski definition) is 3. The Morgan fingerprint density at radius 2 is 2.00 bits per heavy atom. The van der Waals surface area contributed by atoms with Crippen LogP contribution in [0, 0.1) is 0 Å². The minimum Gasteiger partial charge on any atom is -0.487 e. The molecule has 0 aromatic heterocycles.